The number of methoxy groups -OCH3 is 1. The number of carboxylic acids is 1. The molecule has 0 aromatic heterocycles. The molecule has 1 atom stereocenters. The average Bonchev–Trinajstić information content (AvgIpc) is 2.75. The molecule has 0 aliphatic carbocycles. The first-order chi connectivity index (χ1) is 15.1. The predicted octanol–water partition coefficient (Wildman–Crippen LogP) is 4.46. The molecule has 0 spiro atoms. The minimum Gasteiger partial charge on any atom is -0.504 e. The Morgan fingerprint density at radius 2 is 1.81 bits per heavy atom. The van der Waals surface area contributed by atoms with Crippen molar-refractivity contribution in [3.05, 3.63) is 71.8 Å². The number of allylic oxidation sites excluding steroid dienone is 1. The third-order valence-electron chi connectivity index (χ3n) is 4.91. The number of alkyl carbamates (subject to hydrolysis) is 1. The van der Waals surface area contributed by atoms with E-state index in [4.69, 9.17) is 14.6 Å². The number of benzene rings is 2. The third-order valence-corrected chi connectivity index (χ3v) is 4.91. The Labute approximate surface area is 186 Å². The zero-order chi connectivity index (χ0) is 23.7. The number of nitrogens with one attached hydrogen (secondary N) is 1. The van der Waals surface area contributed by atoms with Gasteiger partial charge in [0.25, 0.3) is 5.91 Å². The Morgan fingerprint density at radius 3 is 2.41 bits per heavy atom. The van der Waals surface area contributed by atoms with Crippen LogP contribution in [0.4, 0.5) is 4.79 Å². The first kappa shape index (κ1) is 24.5. The van der Waals surface area contributed by atoms with Crippen LogP contribution in [-0.2, 0) is 9.53 Å². The highest BCUT2D eigenvalue weighted by Crippen LogP contribution is 2.42. The molecule has 0 saturated heterocycles. The Hall–Kier alpha value is -3.81. The maximum Gasteiger partial charge on any atom is 0.414 e. The van der Waals surface area contributed by atoms with Crippen LogP contribution >= 0.6 is 0 Å². The monoisotopic (exact) mass is 441 g/mol. The van der Waals surface area contributed by atoms with Crippen LogP contribution in [0.2, 0.25) is 0 Å². The number of phenolic OH excluding ortho intramolecular Hbond substituents is 1. The number of aliphatic carboxylic acids is 1. The van der Waals surface area contributed by atoms with E-state index in [0.29, 0.717) is 24.0 Å². The molecule has 0 unspecified atom stereocenters. The summed E-state index contributed by atoms with van der Waals surface area (Å²) in [4.78, 5) is 35.6. The summed E-state index contributed by atoms with van der Waals surface area (Å²) in [7, 11) is 1.42. The van der Waals surface area contributed by atoms with Crippen molar-refractivity contribution in [2.24, 2.45) is 5.41 Å². The number of phenols is 1. The molecule has 2 rings (SSSR count). The summed E-state index contributed by atoms with van der Waals surface area (Å²) in [5.41, 5.74) is 0.135. The molecule has 2 aromatic rings. The third kappa shape index (κ3) is 6.87. The minimum atomic E-state index is -1.05. The second-order valence-corrected chi connectivity index (χ2v) is 7.80. The second-order valence-electron chi connectivity index (χ2n) is 7.80. The number of aromatic hydroxyl groups is 1. The maximum absolute atomic E-state index is 12.6. The van der Waals surface area contributed by atoms with E-state index >= 15 is 0 Å². The standard InChI is InChI=1S/C24H27NO7/c1-24(2,14-8-7-11-20(27)28)21(17-12-13-19(31-3)18(26)15-17)32-23(30)25-22(29)16-9-5-4-6-10-16/h4-7,9-13,15,21,26H,8,14H2,1-3H3,(H,27,28)(H,25,29,30)/b11-7+/t21-/m0/s1. The fourth-order valence-electron chi connectivity index (χ4n) is 3.21. The van der Waals surface area contributed by atoms with Gasteiger partial charge in [-0.2, -0.15) is 0 Å². The van der Waals surface area contributed by atoms with Crippen LogP contribution in [0, 0.1) is 5.41 Å². The van der Waals surface area contributed by atoms with Crippen molar-refractivity contribution in [3.63, 3.8) is 0 Å². The number of rotatable bonds is 9. The van der Waals surface area contributed by atoms with Gasteiger partial charge in [-0.25, -0.2) is 9.59 Å². The van der Waals surface area contributed by atoms with Crippen molar-refractivity contribution in [2.75, 3.05) is 7.11 Å². The Balaban J connectivity index is 2.24. The van der Waals surface area contributed by atoms with Crippen LogP contribution < -0.4 is 10.1 Å². The lowest BCUT2D eigenvalue weighted by Gasteiger charge is -2.34. The fraction of sp³-hybridized carbons (Fsp3) is 0.292. The van der Waals surface area contributed by atoms with Crippen LogP contribution in [0.25, 0.3) is 0 Å². The predicted molar refractivity (Wildman–Crippen MR) is 118 cm³/mol. The van der Waals surface area contributed by atoms with Gasteiger partial charge in [-0.3, -0.25) is 10.1 Å². The number of hydrogen-bond donors (Lipinski definition) is 3. The Morgan fingerprint density at radius 1 is 1.12 bits per heavy atom. The van der Waals surface area contributed by atoms with E-state index in [1.165, 1.54) is 19.3 Å². The zero-order valence-electron chi connectivity index (χ0n) is 18.2. The molecule has 0 radical (unpaired) electrons. The van der Waals surface area contributed by atoms with Crippen molar-refractivity contribution in [1.29, 1.82) is 0 Å². The highest BCUT2D eigenvalue weighted by atomic mass is 16.6. The molecular weight excluding hydrogens is 414 g/mol. The van der Waals surface area contributed by atoms with Gasteiger partial charge in [0.05, 0.1) is 7.11 Å². The lowest BCUT2D eigenvalue weighted by atomic mass is 9.78. The normalized spacial score (nSPS) is 12.2. The van der Waals surface area contributed by atoms with Gasteiger partial charge in [-0.1, -0.05) is 44.2 Å². The smallest absolute Gasteiger partial charge is 0.414 e. The van der Waals surface area contributed by atoms with E-state index in [2.05, 4.69) is 5.32 Å². The molecular formula is C24H27NO7. The topological polar surface area (TPSA) is 122 Å². The van der Waals surface area contributed by atoms with Crippen molar-refractivity contribution in [3.8, 4) is 11.5 Å². The number of carbonyl (C=O) groups is 3. The molecule has 8 nitrogen and oxygen atoms in total. The van der Waals surface area contributed by atoms with Gasteiger partial charge in [-0.15, -0.1) is 0 Å². The summed E-state index contributed by atoms with van der Waals surface area (Å²) < 4.78 is 10.7. The summed E-state index contributed by atoms with van der Waals surface area (Å²) in [5, 5.41) is 21.2. The quantitative estimate of drug-likeness (QED) is 0.491. The van der Waals surface area contributed by atoms with Gasteiger partial charge in [0.1, 0.15) is 6.10 Å². The maximum atomic E-state index is 12.6. The van der Waals surface area contributed by atoms with Gasteiger partial charge < -0.3 is 19.7 Å². The second kappa shape index (κ2) is 11.0. The number of hydrogen-bond acceptors (Lipinski definition) is 6. The van der Waals surface area contributed by atoms with Crippen molar-refractivity contribution >= 4 is 18.0 Å². The van der Waals surface area contributed by atoms with E-state index in [1.807, 2.05) is 13.8 Å². The van der Waals surface area contributed by atoms with Crippen LogP contribution in [0.5, 0.6) is 11.5 Å². The molecule has 0 aliphatic heterocycles. The van der Waals surface area contributed by atoms with E-state index in [-0.39, 0.29) is 11.5 Å². The molecule has 3 N–H and O–H groups in total. The number of carbonyl (C=O) groups excluding carboxylic acids is 2. The molecule has 170 valence electrons. The number of ether oxygens (including phenoxy) is 2. The molecule has 2 aromatic carbocycles. The summed E-state index contributed by atoms with van der Waals surface area (Å²) in [6.45, 7) is 3.69. The van der Waals surface area contributed by atoms with Gasteiger partial charge in [0.15, 0.2) is 11.5 Å². The van der Waals surface area contributed by atoms with Gasteiger partial charge in [-0.05, 0) is 42.7 Å². The van der Waals surface area contributed by atoms with E-state index in [1.54, 1.807) is 42.5 Å². The van der Waals surface area contributed by atoms with Crippen molar-refractivity contribution in [2.45, 2.75) is 32.8 Å². The lowest BCUT2D eigenvalue weighted by molar-refractivity contribution is -0.131. The average molecular weight is 441 g/mol. The molecule has 0 aliphatic rings. The fourth-order valence-corrected chi connectivity index (χ4v) is 3.21. The van der Waals surface area contributed by atoms with Crippen molar-refractivity contribution in [1.82, 2.24) is 5.32 Å². The van der Waals surface area contributed by atoms with Crippen LogP contribution in [0.3, 0.4) is 0 Å². The highest BCUT2D eigenvalue weighted by Gasteiger charge is 2.34. The minimum absolute atomic E-state index is 0.124. The summed E-state index contributed by atoms with van der Waals surface area (Å²) >= 11 is 0. The SMILES string of the molecule is COc1ccc([C@H](OC(=O)NC(=O)c2ccccc2)C(C)(C)CC/C=C/C(=O)O)cc1O. The molecule has 32 heavy (non-hydrogen) atoms. The molecule has 0 fully saturated rings. The summed E-state index contributed by atoms with van der Waals surface area (Å²) in [6.07, 6.45) is 1.68. The van der Waals surface area contributed by atoms with E-state index in [9.17, 15) is 19.5 Å². The number of carboxylic acid groups (broad SMARTS) is 1. The summed E-state index contributed by atoms with van der Waals surface area (Å²) in [5.74, 6) is -1.51. The molecule has 2 amide bonds. The Kier molecular flexibility index (Phi) is 8.40. The van der Waals surface area contributed by atoms with Gasteiger partial charge >= 0.3 is 12.1 Å². The first-order valence-electron chi connectivity index (χ1n) is 9.97. The number of imide groups is 1. The van der Waals surface area contributed by atoms with Gasteiger partial charge in [0, 0.05) is 17.1 Å². The summed E-state index contributed by atoms with van der Waals surface area (Å²) in [6, 6.07) is 12.9. The lowest BCUT2D eigenvalue weighted by Crippen LogP contribution is -2.35. The molecule has 8 heteroatoms. The Bertz CT molecular complexity index is 983. The van der Waals surface area contributed by atoms with E-state index < -0.39 is 29.5 Å². The zero-order valence-corrected chi connectivity index (χ0v) is 18.2. The molecule has 0 heterocycles. The highest BCUT2D eigenvalue weighted by molar-refractivity contribution is 6.02. The van der Waals surface area contributed by atoms with Crippen LogP contribution in [0.15, 0.2) is 60.7 Å². The van der Waals surface area contributed by atoms with Crippen LogP contribution in [-0.4, -0.2) is 35.3 Å². The molecule has 0 bridgehead atoms. The largest absolute Gasteiger partial charge is 0.504 e. The number of amides is 2. The molecule has 0 saturated carbocycles. The van der Waals surface area contributed by atoms with Gasteiger partial charge in [0.2, 0.25) is 0 Å². The van der Waals surface area contributed by atoms with Crippen molar-refractivity contribution < 1.29 is 34.1 Å². The van der Waals surface area contributed by atoms with Crippen LogP contribution in [0.1, 0.15) is 48.7 Å². The first-order valence-corrected chi connectivity index (χ1v) is 9.97. The van der Waals surface area contributed by atoms with E-state index in [0.717, 1.165) is 6.08 Å².